The van der Waals surface area contributed by atoms with Gasteiger partial charge in [0.2, 0.25) is 0 Å². The predicted octanol–water partition coefficient (Wildman–Crippen LogP) is 5.30. The average molecular weight is 331 g/mol. The SMILES string of the molecule is Cc1oc(C)c(-c2ccccc2)c1C(=O)Nc1ccc2c(c1)CCC2. The largest absolute Gasteiger partial charge is 0.465 e. The second-order valence-electron chi connectivity index (χ2n) is 6.62. The van der Waals surface area contributed by atoms with Gasteiger partial charge in [-0.25, -0.2) is 0 Å². The van der Waals surface area contributed by atoms with E-state index in [2.05, 4.69) is 17.4 Å². The van der Waals surface area contributed by atoms with Crippen LogP contribution in [0.4, 0.5) is 5.69 Å². The lowest BCUT2D eigenvalue weighted by Crippen LogP contribution is -2.13. The van der Waals surface area contributed by atoms with Gasteiger partial charge in [-0.1, -0.05) is 36.4 Å². The van der Waals surface area contributed by atoms with Gasteiger partial charge in [0.1, 0.15) is 11.5 Å². The molecular formula is C22H21NO2. The fourth-order valence-electron chi connectivity index (χ4n) is 3.75. The summed E-state index contributed by atoms with van der Waals surface area (Å²) >= 11 is 0. The van der Waals surface area contributed by atoms with E-state index < -0.39 is 0 Å². The van der Waals surface area contributed by atoms with Gasteiger partial charge in [-0.3, -0.25) is 4.79 Å². The molecule has 0 radical (unpaired) electrons. The number of hydrogen-bond donors (Lipinski definition) is 1. The first kappa shape index (κ1) is 15.7. The fourth-order valence-corrected chi connectivity index (χ4v) is 3.75. The van der Waals surface area contributed by atoms with Crippen molar-refractivity contribution in [2.75, 3.05) is 5.32 Å². The molecule has 126 valence electrons. The number of benzene rings is 2. The number of carbonyl (C=O) groups excluding carboxylic acids is 1. The summed E-state index contributed by atoms with van der Waals surface area (Å²) in [6.07, 6.45) is 3.44. The van der Waals surface area contributed by atoms with E-state index in [1.165, 1.54) is 17.5 Å². The molecule has 0 unspecified atom stereocenters. The molecule has 4 rings (SSSR count). The van der Waals surface area contributed by atoms with Crippen LogP contribution in [0.3, 0.4) is 0 Å². The molecule has 0 saturated carbocycles. The first-order valence-corrected chi connectivity index (χ1v) is 8.72. The second kappa shape index (κ2) is 6.25. The van der Waals surface area contributed by atoms with Crippen LogP contribution in [0.15, 0.2) is 52.9 Å². The van der Waals surface area contributed by atoms with Crippen molar-refractivity contribution in [2.24, 2.45) is 0 Å². The lowest BCUT2D eigenvalue weighted by molar-refractivity contribution is 0.102. The van der Waals surface area contributed by atoms with Crippen LogP contribution in [0, 0.1) is 13.8 Å². The van der Waals surface area contributed by atoms with Gasteiger partial charge < -0.3 is 9.73 Å². The highest BCUT2D eigenvalue weighted by molar-refractivity contribution is 6.10. The molecule has 3 nitrogen and oxygen atoms in total. The molecule has 1 heterocycles. The molecular weight excluding hydrogens is 310 g/mol. The monoisotopic (exact) mass is 331 g/mol. The van der Waals surface area contributed by atoms with Crippen LogP contribution in [-0.2, 0) is 12.8 Å². The zero-order valence-electron chi connectivity index (χ0n) is 14.6. The maximum atomic E-state index is 13.0. The molecule has 0 aliphatic heterocycles. The number of furan rings is 1. The zero-order valence-corrected chi connectivity index (χ0v) is 14.6. The van der Waals surface area contributed by atoms with Gasteiger partial charge in [0.15, 0.2) is 0 Å². The molecule has 1 amide bonds. The highest BCUT2D eigenvalue weighted by Gasteiger charge is 2.23. The quantitative estimate of drug-likeness (QED) is 0.707. The van der Waals surface area contributed by atoms with Gasteiger partial charge in [0.05, 0.1) is 5.56 Å². The summed E-state index contributed by atoms with van der Waals surface area (Å²) in [7, 11) is 0. The van der Waals surface area contributed by atoms with Gasteiger partial charge in [-0.2, -0.15) is 0 Å². The summed E-state index contributed by atoms with van der Waals surface area (Å²) in [5, 5.41) is 3.05. The molecule has 1 aliphatic carbocycles. The van der Waals surface area contributed by atoms with E-state index in [-0.39, 0.29) is 5.91 Å². The molecule has 1 aliphatic rings. The Kier molecular flexibility index (Phi) is 3.92. The Hall–Kier alpha value is -2.81. The Labute approximate surface area is 147 Å². The fraction of sp³-hybridized carbons (Fsp3) is 0.227. The number of nitrogens with one attached hydrogen (secondary N) is 1. The maximum absolute atomic E-state index is 13.0. The third-order valence-corrected chi connectivity index (χ3v) is 4.91. The van der Waals surface area contributed by atoms with Crippen molar-refractivity contribution < 1.29 is 9.21 Å². The third-order valence-electron chi connectivity index (χ3n) is 4.91. The predicted molar refractivity (Wildman–Crippen MR) is 100 cm³/mol. The number of rotatable bonds is 3. The molecule has 0 fully saturated rings. The molecule has 1 aromatic heterocycles. The van der Waals surface area contributed by atoms with Gasteiger partial charge >= 0.3 is 0 Å². The summed E-state index contributed by atoms with van der Waals surface area (Å²) in [6, 6.07) is 16.1. The molecule has 1 N–H and O–H groups in total. The Morgan fingerprint density at radius 2 is 1.72 bits per heavy atom. The Bertz CT molecular complexity index is 938. The summed E-state index contributed by atoms with van der Waals surface area (Å²) in [4.78, 5) is 13.0. The van der Waals surface area contributed by atoms with Crippen LogP contribution >= 0.6 is 0 Å². The third kappa shape index (κ3) is 2.86. The molecule has 0 bridgehead atoms. The van der Waals surface area contributed by atoms with Crippen LogP contribution in [0.1, 0.15) is 39.4 Å². The van der Waals surface area contributed by atoms with Gasteiger partial charge in [-0.15, -0.1) is 0 Å². The topological polar surface area (TPSA) is 42.2 Å². The molecule has 0 atom stereocenters. The number of amides is 1. The van der Waals surface area contributed by atoms with Crippen LogP contribution in [-0.4, -0.2) is 5.91 Å². The standard InChI is InChI=1S/C22H21NO2/c1-14-20(17-7-4-3-5-8-17)21(15(2)25-14)22(24)23-19-12-11-16-9-6-10-18(16)13-19/h3-5,7-8,11-13H,6,9-10H2,1-2H3,(H,23,24). The van der Waals surface area contributed by atoms with E-state index in [0.29, 0.717) is 11.3 Å². The number of aryl methyl sites for hydroxylation is 4. The van der Waals surface area contributed by atoms with Crippen LogP contribution < -0.4 is 5.32 Å². The number of carbonyl (C=O) groups is 1. The molecule has 0 spiro atoms. The average Bonchev–Trinajstić information content (AvgIpc) is 3.18. The lowest BCUT2D eigenvalue weighted by Gasteiger charge is -2.09. The first-order chi connectivity index (χ1) is 12.1. The smallest absolute Gasteiger partial charge is 0.259 e. The van der Waals surface area contributed by atoms with Crippen LogP contribution in [0.2, 0.25) is 0 Å². The maximum Gasteiger partial charge on any atom is 0.259 e. The number of fused-ring (bicyclic) bond motifs is 1. The van der Waals surface area contributed by atoms with Crippen molar-refractivity contribution in [3.05, 3.63) is 76.7 Å². The van der Waals surface area contributed by atoms with Crippen molar-refractivity contribution in [3.8, 4) is 11.1 Å². The minimum Gasteiger partial charge on any atom is -0.465 e. The van der Waals surface area contributed by atoms with E-state index in [1.54, 1.807) is 0 Å². The van der Waals surface area contributed by atoms with Crippen LogP contribution in [0.5, 0.6) is 0 Å². The van der Waals surface area contributed by atoms with Crippen molar-refractivity contribution >= 4 is 11.6 Å². The summed E-state index contributed by atoms with van der Waals surface area (Å²) in [6.45, 7) is 3.75. The van der Waals surface area contributed by atoms with E-state index in [0.717, 1.165) is 35.4 Å². The summed E-state index contributed by atoms with van der Waals surface area (Å²) < 4.78 is 5.77. The van der Waals surface area contributed by atoms with E-state index >= 15 is 0 Å². The van der Waals surface area contributed by atoms with Crippen LogP contribution in [0.25, 0.3) is 11.1 Å². The highest BCUT2D eigenvalue weighted by atomic mass is 16.3. The molecule has 2 aromatic carbocycles. The van der Waals surface area contributed by atoms with Crippen molar-refractivity contribution in [1.82, 2.24) is 0 Å². The highest BCUT2D eigenvalue weighted by Crippen LogP contribution is 2.33. The van der Waals surface area contributed by atoms with Gasteiger partial charge in [0, 0.05) is 11.3 Å². The molecule has 25 heavy (non-hydrogen) atoms. The number of anilines is 1. The molecule has 0 saturated heterocycles. The van der Waals surface area contributed by atoms with E-state index in [4.69, 9.17) is 4.42 Å². The normalized spacial score (nSPS) is 12.9. The van der Waals surface area contributed by atoms with Gasteiger partial charge in [0.25, 0.3) is 5.91 Å². The molecule has 3 heteroatoms. The van der Waals surface area contributed by atoms with Crippen molar-refractivity contribution in [3.63, 3.8) is 0 Å². The van der Waals surface area contributed by atoms with Gasteiger partial charge in [-0.05, 0) is 61.9 Å². The van der Waals surface area contributed by atoms with E-state index in [1.807, 2.05) is 50.2 Å². The lowest BCUT2D eigenvalue weighted by atomic mass is 10.00. The summed E-state index contributed by atoms with van der Waals surface area (Å²) in [5.74, 6) is 1.30. The first-order valence-electron chi connectivity index (χ1n) is 8.72. The Balaban J connectivity index is 1.69. The minimum atomic E-state index is -0.119. The zero-order chi connectivity index (χ0) is 17.4. The van der Waals surface area contributed by atoms with E-state index in [9.17, 15) is 4.79 Å². The summed E-state index contributed by atoms with van der Waals surface area (Å²) in [5.41, 5.74) is 6.08. The minimum absolute atomic E-state index is 0.119. The van der Waals surface area contributed by atoms with Crippen molar-refractivity contribution in [2.45, 2.75) is 33.1 Å². The van der Waals surface area contributed by atoms with Crippen molar-refractivity contribution in [1.29, 1.82) is 0 Å². The Morgan fingerprint density at radius 3 is 2.52 bits per heavy atom. The second-order valence-corrected chi connectivity index (χ2v) is 6.62. The Morgan fingerprint density at radius 1 is 0.960 bits per heavy atom. The number of hydrogen-bond acceptors (Lipinski definition) is 2. The molecule has 3 aromatic rings.